The normalized spacial score (nSPS) is 20.7. The molecule has 0 unspecified atom stereocenters. The maximum Gasteiger partial charge on any atom is 0.223 e. The first kappa shape index (κ1) is 17.8. The molecule has 1 aliphatic heterocycles. The average Bonchev–Trinajstić information content (AvgIpc) is 3.31. The van der Waals surface area contributed by atoms with E-state index in [0.717, 1.165) is 38.1 Å². The van der Waals surface area contributed by atoms with Crippen LogP contribution in [0, 0.1) is 0 Å². The molecule has 5 nitrogen and oxygen atoms in total. The van der Waals surface area contributed by atoms with Crippen molar-refractivity contribution >= 4 is 11.8 Å². The smallest absolute Gasteiger partial charge is 0.223 e. The quantitative estimate of drug-likeness (QED) is 0.863. The fourth-order valence-electron chi connectivity index (χ4n) is 3.88. The standard InChI is InChI=1S/C20H28N2O3/c1-25-18-8-6-15(7-9-18)16-12-13-22(14-16)20(24)11-10-19(23)21-17-4-2-3-5-17/h6-9,16-17H,2-5,10-14H2,1H3,(H,21,23)/t16-/m1/s1. The zero-order chi connectivity index (χ0) is 17.6. The highest BCUT2D eigenvalue weighted by Crippen LogP contribution is 2.29. The van der Waals surface area contributed by atoms with Gasteiger partial charge in [0.2, 0.25) is 11.8 Å². The number of methoxy groups -OCH3 is 1. The molecule has 1 aromatic carbocycles. The molecule has 1 heterocycles. The number of carbonyl (C=O) groups excluding carboxylic acids is 2. The second-order valence-electron chi connectivity index (χ2n) is 7.15. The van der Waals surface area contributed by atoms with E-state index < -0.39 is 0 Å². The van der Waals surface area contributed by atoms with Crippen LogP contribution < -0.4 is 10.1 Å². The Bertz CT molecular complexity index is 593. The zero-order valence-corrected chi connectivity index (χ0v) is 15.0. The molecule has 25 heavy (non-hydrogen) atoms. The van der Waals surface area contributed by atoms with Crippen LogP contribution in [0.25, 0.3) is 0 Å². The molecule has 136 valence electrons. The van der Waals surface area contributed by atoms with Crippen LogP contribution in [-0.4, -0.2) is 43.0 Å². The van der Waals surface area contributed by atoms with Gasteiger partial charge in [0.1, 0.15) is 5.75 Å². The van der Waals surface area contributed by atoms with Crippen molar-refractivity contribution in [3.05, 3.63) is 29.8 Å². The van der Waals surface area contributed by atoms with E-state index in [1.165, 1.54) is 18.4 Å². The van der Waals surface area contributed by atoms with Gasteiger partial charge in [-0.05, 0) is 37.0 Å². The Morgan fingerprint density at radius 1 is 1.12 bits per heavy atom. The van der Waals surface area contributed by atoms with E-state index in [2.05, 4.69) is 17.4 Å². The molecule has 0 spiro atoms. The highest BCUT2D eigenvalue weighted by Gasteiger charge is 2.27. The molecule has 3 rings (SSSR count). The molecule has 1 saturated carbocycles. The van der Waals surface area contributed by atoms with Crippen molar-refractivity contribution in [2.75, 3.05) is 20.2 Å². The monoisotopic (exact) mass is 344 g/mol. The Kier molecular flexibility index (Phi) is 5.95. The van der Waals surface area contributed by atoms with Gasteiger partial charge in [-0.15, -0.1) is 0 Å². The van der Waals surface area contributed by atoms with Crippen LogP contribution in [0.1, 0.15) is 56.4 Å². The third-order valence-corrected chi connectivity index (χ3v) is 5.41. The Labute approximate surface area is 149 Å². The van der Waals surface area contributed by atoms with Gasteiger partial charge in [-0.2, -0.15) is 0 Å². The van der Waals surface area contributed by atoms with Crippen molar-refractivity contribution in [2.24, 2.45) is 0 Å². The number of hydrogen-bond donors (Lipinski definition) is 1. The lowest BCUT2D eigenvalue weighted by molar-refractivity contribution is -0.132. The number of likely N-dealkylation sites (tertiary alicyclic amines) is 1. The van der Waals surface area contributed by atoms with E-state index in [0.29, 0.717) is 24.8 Å². The summed E-state index contributed by atoms with van der Waals surface area (Å²) in [6, 6.07) is 8.41. The highest BCUT2D eigenvalue weighted by molar-refractivity contribution is 5.84. The Morgan fingerprint density at radius 3 is 2.52 bits per heavy atom. The van der Waals surface area contributed by atoms with Crippen molar-refractivity contribution in [2.45, 2.75) is 56.9 Å². The lowest BCUT2D eigenvalue weighted by Gasteiger charge is -2.17. The first-order valence-electron chi connectivity index (χ1n) is 9.37. The fraction of sp³-hybridized carbons (Fsp3) is 0.600. The number of rotatable bonds is 6. The minimum absolute atomic E-state index is 0.0196. The number of ether oxygens (including phenoxy) is 1. The number of carbonyl (C=O) groups is 2. The van der Waals surface area contributed by atoms with Crippen molar-refractivity contribution in [3.63, 3.8) is 0 Å². The number of nitrogens with zero attached hydrogens (tertiary/aromatic N) is 1. The van der Waals surface area contributed by atoms with Crippen LogP contribution in [0.15, 0.2) is 24.3 Å². The first-order valence-corrected chi connectivity index (χ1v) is 9.37. The summed E-state index contributed by atoms with van der Waals surface area (Å²) in [6.45, 7) is 1.52. The lowest BCUT2D eigenvalue weighted by Crippen LogP contribution is -2.34. The van der Waals surface area contributed by atoms with E-state index in [4.69, 9.17) is 4.74 Å². The molecule has 2 fully saturated rings. The summed E-state index contributed by atoms with van der Waals surface area (Å²) in [5, 5.41) is 3.05. The van der Waals surface area contributed by atoms with Gasteiger partial charge >= 0.3 is 0 Å². The molecular weight excluding hydrogens is 316 g/mol. The van der Waals surface area contributed by atoms with Gasteiger partial charge in [-0.25, -0.2) is 0 Å². The second-order valence-corrected chi connectivity index (χ2v) is 7.15. The predicted molar refractivity (Wildman–Crippen MR) is 96.6 cm³/mol. The van der Waals surface area contributed by atoms with Gasteiger partial charge in [0.05, 0.1) is 7.11 Å². The summed E-state index contributed by atoms with van der Waals surface area (Å²) >= 11 is 0. The summed E-state index contributed by atoms with van der Waals surface area (Å²) in [6.07, 6.45) is 6.15. The van der Waals surface area contributed by atoms with Gasteiger partial charge in [-0.3, -0.25) is 9.59 Å². The molecule has 1 N–H and O–H groups in total. The molecule has 2 aliphatic rings. The predicted octanol–water partition coefficient (Wildman–Crippen LogP) is 2.85. The molecular formula is C20H28N2O3. The lowest BCUT2D eigenvalue weighted by atomic mass is 9.98. The molecule has 0 aromatic heterocycles. The second kappa shape index (κ2) is 8.37. The molecule has 2 amide bonds. The zero-order valence-electron chi connectivity index (χ0n) is 15.0. The summed E-state index contributed by atoms with van der Waals surface area (Å²) in [5.74, 6) is 1.34. The van der Waals surface area contributed by atoms with Gasteiger partial charge in [0.15, 0.2) is 0 Å². The minimum atomic E-state index is 0.0196. The Morgan fingerprint density at radius 2 is 1.84 bits per heavy atom. The molecule has 0 bridgehead atoms. The molecule has 5 heteroatoms. The van der Waals surface area contributed by atoms with Crippen molar-refractivity contribution in [1.82, 2.24) is 10.2 Å². The number of benzene rings is 1. The third kappa shape index (κ3) is 4.74. The number of amides is 2. The summed E-state index contributed by atoms with van der Waals surface area (Å²) < 4.78 is 5.19. The molecule has 1 saturated heterocycles. The fourth-order valence-corrected chi connectivity index (χ4v) is 3.88. The molecule has 0 radical (unpaired) electrons. The van der Waals surface area contributed by atoms with Gasteiger partial charge in [0.25, 0.3) is 0 Å². The van der Waals surface area contributed by atoms with Crippen molar-refractivity contribution < 1.29 is 14.3 Å². The largest absolute Gasteiger partial charge is 0.497 e. The maximum atomic E-state index is 12.4. The number of nitrogens with one attached hydrogen (secondary N) is 1. The van der Waals surface area contributed by atoms with E-state index in [1.807, 2.05) is 17.0 Å². The summed E-state index contributed by atoms with van der Waals surface area (Å²) in [7, 11) is 1.66. The van der Waals surface area contributed by atoms with Crippen molar-refractivity contribution in [1.29, 1.82) is 0 Å². The van der Waals surface area contributed by atoms with Gasteiger partial charge in [0, 0.05) is 37.9 Å². The Hall–Kier alpha value is -2.04. The summed E-state index contributed by atoms with van der Waals surface area (Å²) in [4.78, 5) is 26.3. The minimum Gasteiger partial charge on any atom is -0.497 e. The van der Waals surface area contributed by atoms with Crippen LogP contribution in [0.4, 0.5) is 0 Å². The van der Waals surface area contributed by atoms with Crippen LogP contribution in [0.2, 0.25) is 0 Å². The van der Waals surface area contributed by atoms with E-state index >= 15 is 0 Å². The SMILES string of the molecule is COc1ccc([C@@H]2CCN(C(=O)CCC(=O)NC3CCCC3)C2)cc1. The van der Waals surface area contributed by atoms with E-state index in [9.17, 15) is 9.59 Å². The van der Waals surface area contributed by atoms with Crippen LogP contribution in [-0.2, 0) is 9.59 Å². The number of hydrogen-bond acceptors (Lipinski definition) is 3. The average molecular weight is 344 g/mol. The molecule has 1 aliphatic carbocycles. The van der Waals surface area contributed by atoms with E-state index in [-0.39, 0.29) is 11.8 Å². The summed E-state index contributed by atoms with van der Waals surface area (Å²) in [5.41, 5.74) is 1.25. The van der Waals surface area contributed by atoms with Crippen molar-refractivity contribution in [3.8, 4) is 5.75 Å². The van der Waals surface area contributed by atoms with Crippen LogP contribution >= 0.6 is 0 Å². The van der Waals surface area contributed by atoms with Gasteiger partial charge in [-0.1, -0.05) is 25.0 Å². The Balaban J connectivity index is 1.43. The van der Waals surface area contributed by atoms with Gasteiger partial charge < -0.3 is 15.0 Å². The molecule has 1 atom stereocenters. The molecule has 1 aromatic rings. The maximum absolute atomic E-state index is 12.4. The first-order chi connectivity index (χ1) is 12.2. The third-order valence-electron chi connectivity index (χ3n) is 5.41. The van der Waals surface area contributed by atoms with Crippen LogP contribution in [0.5, 0.6) is 5.75 Å². The topological polar surface area (TPSA) is 58.6 Å². The highest BCUT2D eigenvalue weighted by atomic mass is 16.5. The van der Waals surface area contributed by atoms with E-state index in [1.54, 1.807) is 7.11 Å². The van der Waals surface area contributed by atoms with Crippen LogP contribution in [0.3, 0.4) is 0 Å².